The Kier molecular flexibility index (Phi) is 3.93. The number of aromatic nitrogens is 1. The van der Waals surface area contributed by atoms with Gasteiger partial charge in [-0.15, -0.1) is 0 Å². The highest BCUT2D eigenvalue weighted by Crippen LogP contribution is 2.39. The number of hydrogen-bond donors (Lipinski definition) is 1. The molecule has 0 spiro atoms. The average molecular weight is 330 g/mol. The van der Waals surface area contributed by atoms with Crippen LogP contribution in [0.3, 0.4) is 0 Å². The second-order valence-corrected chi connectivity index (χ2v) is 7.18. The number of ether oxygens (including phenoxy) is 1. The van der Waals surface area contributed by atoms with Gasteiger partial charge < -0.3 is 14.7 Å². The van der Waals surface area contributed by atoms with Crippen LogP contribution in [0.4, 0.5) is 10.1 Å². The molecule has 24 heavy (non-hydrogen) atoms. The van der Waals surface area contributed by atoms with Crippen LogP contribution in [0, 0.1) is 11.7 Å². The number of rotatable bonds is 2. The van der Waals surface area contributed by atoms with E-state index in [0.717, 1.165) is 30.5 Å². The third kappa shape index (κ3) is 2.66. The zero-order valence-corrected chi connectivity index (χ0v) is 13.9. The van der Waals surface area contributed by atoms with E-state index >= 15 is 0 Å². The maximum Gasteiger partial charge on any atom is 0.125 e. The smallest absolute Gasteiger partial charge is 0.125 e. The first-order valence-electron chi connectivity index (χ1n) is 8.67. The van der Waals surface area contributed by atoms with E-state index in [1.807, 2.05) is 13.0 Å². The molecule has 3 atom stereocenters. The second-order valence-electron chi connectivity index (χ2n) is 7.18. The Hall–Kier alpha value is -1.72. The molecule has 2 fully saturated rings. The standard InChI is InChI=1S/C19H23FN2O2/c1-19(23)7-10-24-12-15(19)18-3-2-9-22(18)17-6-8-21-16-11-13(20)4-5-14(16)17/h4-6,8,11,15,18,23H,2-3,7,9-10,12H2,1H3. The molecule has 2 aliphatic rings. The summed E-state index contributed by atoms with van der Waals surface area (Å²) in [5.41, 5.74) is 1.04. The van der Waals surface area contributed by atoms with Crippen molar-refractivity contribution in [1.82, 2.24) is 4.98 Å². The lowest BCUT2D eigenvalue weighted by atomic mass is 9.79. The van der Waals surface area contributed by atoms with Gasteiger partial charge in [0.2, 0.25) is 0 Å². The van der Waals surface area contributed by atoms with Crippen LogP contribution >= 0.6 is 0 Å². The molecule has 0 bridgehead atoms. The molecule has 1 aromatic carbocycles. The van der Waals surface area contributed by atoms with E-state index in [1.54, 1.807) is 12.3 Å². The van der Waals surface area contributed by atoms with Gasteiger partial charge in [-0.2, -0.15) is 0 Å². The largest absolute Gasteiger partial charge is 0.390 e. The Balaban J connectivity index is 1.73. The molecule has 1 aromatic heterocycles. The van der Waals surface area contributed by atoms with Crippen molar-refractivity contribution in [2.24, 2.45) is 5.92 Å². The number of hydrogen-bond acceptors (Lipinski definition) is 4. The third-order valence-electron chi connectivity index (χ3n) is 5.60. The zero-order valence-electron chi connectivity index (χ0n) is 13.9. The predicted octanol–water partition coefficient (Wildman–Crippen LogP) is 3.13. The average Bonchev–Trinajstić information content (AvgIpc) is 3.02. The molecule has 0 amide bonds. The number of nitrogens with zero attached hydrogens (tertiary/aromatic N) is 2. The number of fused-ring (bicyclic) bond motifs is 1. The SMILES string of the molecule is CC1(O)CCOCC1C1CCCN1c1ccnc2cc(F)ccc12. The lowest BCUT2D eigenvalue weighted by Crippen LogP contribution is -2.52. The van der Waals surface area contributed by atoms with Crippen LogP contribution in [0.1, 0.15) is 26.2 Å². The number of anilines is 1. The topological polar surface area (TPSA) is 45.6 Å². The molecule has 0 saturated carbocycles. The molecule has 0 radical (unpaired) electrons. The third-order valence-corrected chi connectivity index (χ3v) is 5.60. The van der Waals surface area contributed by atoms with E-state index < -0.39 is 5.60 Å². The van der Waals surface area contributed by atoms with Gasteiger partial charge in [0.25, 0.3) is 0 Å². The van der Waals surface area contributed by atoms with E-state index in [1.165, 1.54) is 12.1 Å². The van der Waals surface area contributed by atoms with Crippen molar-refractivity contribution in [3.63, 3.8) is 0 Å². The summed E-state index contributed by atoms with van der Waals surface area (Å²) in [6, 6.07) is 6.99. The van der Waals surface area contributed by atoms with E-state index in [-0.39, 0.29) is 17.8 Å². The van der Waals surface area contributed by atoms with Crippen LogP contribution in [0.25, 0.3) is 10.9 Å². The van der Waals surface area contributed by atoms with Crippen molar-refractivity contribution >= 4 is 16.6 Å². The number of halogens is 1. The van der Waals surface area contributed by atoms with Gasteiger partial charge >= 0.3 is 0 Å². The fourth-order valence-electron chi connectivity index (χ4n) is 4.25. The van der Waals surface area contributed by atoms with E-state index in [9.17, 15) is 9.50 Å². The van der Waals surface area contributed by atoms with E-state index in [0.29, 0.717) is 25.2 Å². The molecule has 5 heteroatoms. The van der Waals surface area contributed by atoms with Crippen molar-refractivity contribution in [2.45, 2.75) is 37.8 Å². The first-order valence-corrected chi connectivity index (χ1v) is 8.67. The Morgan fingerprint density at radius 2 is 2.25 bits per heavy atom. The lowest BCUT2D eigenvalue weighted by molar-refractivity contribution is -0.108. The zero-order chi connectivity index (χ0) is 16.7. The molecule has 0 aliphatic carbocycles. The number of benzene rings is 1. The van der Waals surface area contributed by atoms with Gasteiger partial charge in [-0.05, 0) is 44.4 Å². The quantitative estimate of drug-likeness (QED) is 0.919. The van der Waals surface area contributed by atoms with Gasteiger partial charge in [0.1, 0.15) is 5.82 Å². The van der Waals surface area contributed by atoms with E-state index in [2.05, 4.69) is 9.88 Å². The summed E-state index contributed by atoms with van der Waals surface area (Å²) in [6.45, 7) is 4.07. The highest BCUT2D eigenvalue weighted by atomic mass is 19.1. The normalized spacial score (nSPS) is 30.9. The summed E-state index contributed by atoms with van der Waals surface area (Å²) in [5, 5.41) is 11.8. The summed E-state index contributed by atoms with van der Waals surface area (Å²) in [6.07, 6.45) is 4.53. The molecule has 2 aromatic rings. The molecule has 3 heterocycles. The summed E-state index contributed by atoms with van der Waals surface area (Å²) in [7, 11) is 0. The Morgan fingerprint density at radius 3 is 3.08 bits per heavy atom. The minimum atomic E-state index is -0.708. The van der Waals surface area contributed by atoms with Gasteiger partial charge in [0, 0.05) is 48.4 Å². The Bertz CT molecular complexity index is 749. The molecular weight excluding hydrogens is 307 g/mol. The van der Waals surface area contributed by atoms with Gasteiger partial charge in [0.15, 0.2) is 0 Å². The molecule has 128 valence electrons. The predicted molar refractivity (Wildman–Crippen MR) is 91.6 cm³/mol. The fraction of sp³-hybridized carbons (Fsp3) is 0.526. The van der Waals surface area contributed by atoms with Crippen molar-refractivity contribution in [1.29, 1.82) is 0 Å². The monoisotopic (exact) mass is 330 g/mol. The minimum Gasteiger partial charge on any atom is -0.390 e. The van der Waals surface area contributed by atoms with Crippen LogP contribution in [0.5, 0.6) is 0 Å². The van der Waals surface area contributed by atoms with Crippen LogP contribution in [0.2, 0.25) is 0 Å². The molecule has 2 saturated heterocycles. The van der Waals surface area contributed by atoms with Crippen molar-refractivity contribution in [3.05, 3.63) is 36.3 Å². The highest BCUT2D eigenvalue weighted by Gasteiger charge is 2.44. The molecule has 3 unspecified atom stereocenters. The first-order chi connectivity index (χ1) is 11.6. The first kappa shape index (κ1) is 15.8. The van der Waals surface area contributed by atoms with E-state index in [4.69, 9.17) is 4.74 Å². The van der Waals surface area contributed by atoms with Crippen LogP contribution in [-0.4, -0.2) is 41.5 Å². The molecule has 2 aliphatic heterocycles. The van der Waals surface area contributed by atoms with Crippen LogP contribution < -0.4 is 4.90 Å². The van der Waals surface area contributed by atoms with Gasteiger partial charge in [0.05, 0.1) is 17.7 Å². The maximum atomic E-state index is 13.5. The summed E-state index contributed by atoms with van der Waals surface area (Å²) >= 11 is 0. The molecular formula is C19H23FN2O2. The summed E-state index contributed by atoms with van der Waals surface area (Å²) in [5.74, 6) is -0.189. The number of pyridine rings is 1. The van der Waals surface area contributed by atoms with Crippen molar-refractivity contribution in [2.75, 3.05) is 24.7 Å². The van der Waals surface area contributed by atoms with Crippen molar-refractivity contribution in [3.8, 4) is 0 Å². The molecule has 4 nitrogen and oxygen atoms in total. The Labute approximate surface area is 141 Å². The summed E-state index contributed by atoms with van der Waals surface area (Å²) < 4.78 is 19.2. The lowest BCUT2D eigenvalue weighted by Gasteiger charge is -2.44. The fourth-order valence-corrected chi connectivity index (χ4v) is 4.25. The molecule has 4 rings (SSSR count). The number of aliphatic hydroxyl groups is 1. The molecule has 1 N–H and O–H groups in total. The second kappa shape index (κ2) is 5.97. The van der Waals surface area contributed by atoms with Gasteiger partial charge in [-0.1, -0.05) is 0 Å². The summed E-state index contributed by atoms with van der Waals surface area (Å²) in [4.78, 5) is 6.66. The highest BCUT2D eigenvalue weighted by molar-refractivity contribution is 5.91. The van der Waals surface area contributed by atoms with Gasteiger partial charge in [-0.25, -0.2) is 4.39 Å². The minimum absolute atomic E-state index is 0.0809. The van der Waals surface area contributed by atoms with Gasteiger partial charge in [-0.3, -0.25) is 4.98 Å². The maximum absolute atomic E-state index is 13.5. The van der Waals surface area contributed by atoms with Crippen molar-refractivity contribution < 1.29 is 14.2 Å². The van der Waals surface area contributed by atoms with Crippen LogP contribution in [0.15, 0.2) is 30.5 Å². The van der Waals surface area contributed by atoms with Crippen LogP contribution in [-0.2, 0) is 4.74 Å². The Morgan fingerprint density at radius 1 is 1.38 bits per heavy atom.